The van der Waals surface area contributed by atoms with E-state index in [0.29, 0.717) is 37.6 Å². The van der Waals surface area contributed by atoms with E-state index < -0.39 is 0 Å². The van der Waals surface area contributed by atoms with Gasteiger partial charge >= 0.3 is 0 Å². The molecule has 0 aliphatic heterocycles. The van der Waals surface area contributed by atoms with Crippen molar-refractivity contribution >= 4 is 10.9 Å². The predicted octanol–water partition coefficient (Wildman–Crippen LogP) is 3.57. The van der Waals surface area contributed by atoms with E-state index in [0.717, 1.165) is 22.3 Å². The summed E-state index contributed by atoms with van der Waals surface area (Å²) in [6.45, 7) is 6.44. The topological polar surface area (TPSA) is 98.2 Å². The highest BCUT2D eigenvalue weighted by molar-refractivity contribution is 5.80. The van der Waals surface area contributed by atoms with Crippen LogP contribution in [0.4, 0.5) is 0 Å². The zero-order chi connectivity index (χ0) is 24.8. The first-order chi connectivity index (χ1) is 17.0. The number of nitrogens with zero attached hydrogens (tertiary/aromatic N) is 5. The maximum Gasteiger partial charge on any atom is 0.252 e. The highest BCUT2D eigenvalue weighted by Gasteiger charge is 2.30. The third-order valence-corrected chi connectivity index (χ3v) is 6.09. The van der Waals surface area contributed by atoms with Crippen LogP contribution in [0.15, 0.2) is 59.4 Å². The molecule has 0 unspecified atom stereocenters. The maximum atomic E-state index is 13.1. The number of pyridine rings is 1. The smallest absolute Gasteiger partial charge is 0.252 e. The van der Waals surface area contributed by atoms with E-state index >= 15 is 0 Å². The molecule has 0 aliphatic carbocycles. The van der Waals surface area contributed by atoms with E-state index in [2.05, 4.69) is 51.4 Å². The molecule has 9 nitrogen and oxygen atoms in total. The van der Waals surface area contributed by atoms with Crippen LogP contribution in [0.5, 0.6) is 5.75 Å². The summed E-state index contributed by atoms with van der Waals surface area (Å²) >= 11 is 0. The molecule has 1 N–H and O–H groups in total. The molecule has 0 radical (unpaired) electrons. The average Bonchev–Trinajstić information content (AvgIpc) is 3.31. The molecule has 4 rings (SSSR count). The fraction of sp³-hybridized carbons (Fsp3) is 0.385. The number of fused-ring (bicyclic) bond motifs is 1. The van der Waals surface area contributed by atoms with Crippen molar-refractivity contribution < 1.29 is 9.47 Å². The van der Waals surface area contributed by atoms with Crippen LogP contribution in [-0.4, -0.2) is 50.9 Å². The summed E-state index contributed by atoms with van der Waals surface area (Å²) in [5.74, 6) is 1.65. The summed E-state index contributed by atoms with van der Waals surface area (Å²) < 4.78 is 12.3. The van der Waals surface area contributed by atoms with Crippen LogP contribution in [0.1, 0.15) is 36.8 Å². The van der Waals surface area contributed by atoms with Crippen molar-refractivity contribution in [1.29, 1.82) is 0 Å². The van der Waals surface area contributed by atoms with E-state index in [1.807, 2.05) is 42.5 Å². The lowest BCUT2D eigenvalue weighted by molar-refractivity contribution is 0.121. The second-order valence-electron chi connectivity index (χ2n) is 8.91. The lowest BCUT2D eigenvalue weighted by Gasteiger charge is -2.33. The minimum Gasteiger partial charge on any atom is -0.497 e. The molecular formula is C26H32N6O3. The maximum absolute atomic E-state index is 13.1. The van der Waals surface area contributed by atoms with Gasteiger partial charge in [0.15, 0.2) is 5.82 Å². The SMILES string of the molecule is COCCn1nnnc1[C@H](C(C)C)N(Cc1ccccc1)Cc1cc2ccc(OC)cc2[nH]c1=O. The Kier molecular flexibility index (Phi) is 7.89. The van der Waals surface area contributed by atoms with Crippen LogP contribution in [0.25, 0.3) is 10.9 Å². The zero-order valence-corrected chi connectivity index (χ0v) is 20.6. The Hall–Kier alpha value is -3.56. The molecule has 0 fully saturated rings. The fourth-order valence-corrected chi connectivity index (χ4v) is 4.40. The summed E-state index contributed by atoms with van der Waals surface area (Å²) in [6.07, 6.45) is 0. The molecule has 2 aromatic heterocycles. The Morgan fingerprint density at radius 3 is 2.57 bits per heavy atom. The van der Waals surface area contributed by atoms with E-state index in [1.54, 1.807) is 18.9 Å². The van der Waals surface area contributed by atoms with Gasteiger partial charge in [-0.05, 0) is 45.5 Å². The average molecular weight is 477 g/mol. The third-order valence-electron chi connectivity index (χ3n) is 6.09. The van der Waals surface area contributed by atoms with Gasteiger partial charge in [0.2, 0.25) is 0 Å². The van der Waals surface area contributed by atoms with Gasteiger partial charge in [-0.25, -0.2) is 4.68 Å². The van der Waals surface area contributed by atoms with Crippen molar-refractivity contribution in [1.82, 2.24) is 30.1 Å². The number of aromatic amines is 1. The summed E-state index contributed by atoms with van der Waals surface area (Å²) in [5.41, 5.74) is 2.46. The van der Waals surface area contributed by atoms with Crippen LogP contribution in [-0.2, 0) is 24.4 Å². The molecule has 4 aromatic rings. The molecule has 0 amide bonds. The molecule has 9 heteroatoms. The van der Waals surface area contributed by atoms with E-state index in [-0.39, 0.29) is 17.5 Å². The largest absolute Gasteiger partial charge is 0.497 e. The van der Waals surface area contributed by atoms with Crippen molar-refractivity contribution in [2.75, 3.05) is 20.8 Å². The van der Waals surface area contributed by atoms with Gasteiger partial charge in [-0.3, -0.25) is 9.69 Å². The first kappa shape index (κ1) is 24.6. The summed E-state index contributed by atoms with van der Waals surface area (Å²) in [5, 5.41) is 13.5. The van der Waals surface area contributed by atoms with Crippen LogP contribution in [0.3, 0.4) is 0 Å². The second kappa shape index (κ2) is 11.2. The first-order valence-electron chi connectivity index (χ1n) is 11.7. The molecule has 0 saturated carbocycles. The van der Waals surface area contributed by atoms with Gasteiger partial charge in [0.1, 0.15) is 5.75 Å². The number of nitrogens with one attached hydrogen (secondary N) is 1. The lowest BCUT2D eigenvalue weighted by Crippen LogP contribution is -2.35. The molecule has 0 aliphatic rings. The highest BCUT2D eigenvalue weighted by Crippen LogP contribution is 2.30. The molecule has 0 spiro atoms. The third kappa shape index (κ3) is 5.75. The molecule has 2 heterocycles. The minimum atomic E-state index is -0.120. The van der Waals surface area contributed by atoms with Crippen molar-refractivity contribution in [3.8, 4) is 5.75 Å². The van der Waals surface area contributed by atoms with Crippen LogP contribution < -0.4 is 10.3 Å². The van der Waals surface area contributed by atoms with Gasteiger partial charge in [0.25, 0.3) is 5.56 Å². The lowest BCUT2D eigenvalue weighted by atomic mass is 9.99. The molecule has 184 valence electrons. The molecule has 0 bridgehead atoms. The molecular weight excluding hydrogens is 444 g/mol. The number of tetrazole rings is 1. The van der Waals surface area contributed by atoms with Gasteiger partial charge in [-0.2, -0.15) is 0 Å². The number of ether oxygens (including phenoxy) is 2. The summed E-state index contributed by atoms with van der Waals surface area (Å²) in [7, 11) is 3.27. The fourth-order valence-electron chi connectivity index (χ4n) is 4.40. The van der Waals surface area contributed by atoms with Gasteiger partial charge in [0.05, 0.1) is 31.8 Å². The highest BCUT2D eigenvalue weighted by atomic mass is 16.5. The van der Waals surface area contributed by atoms with E-state index in [1.165, 1.54) is 0 Å². The Labute approximate surface area is 204 Å². The number of hydrogen-bond donors (Lipinski definition) is 1. The van der Waals surface area contributed by atoms with Gasteiger partial charge in [-0.1, -0.05) is 44.2 Å². The van der Waals surface area contributed by atoms with Gasteiger partial charge in [-0.15, -0.1) is 5.10 Å². The number of rotatable bonds is 11. The number of H-pyrrole nitrogens is 1. The van der Waals surface area contributed by atoms with Crippen LogP contribution in [0.2, 0.25) is 0 Å². The van der Waals surface area contributed by atoms with Crippen molar-refractivity contribution in [2.45, 2.75) is 39.5 Å². The molecule has 2 aromatic carbocycles. The molecule has 0 saturated heterocycles. The van der Waals surface area contributed by atoms with E-state index in [9.17, 15) is 4.79 Å². The normalized spacial score (nSPS) is 12.5. The first-order valence-corrected chi connectivity index (χ1v) is 11.7. The van der Waals surface area contributed by atoms with Gasteiger partial charge < -0.3 is 14.5 Å². The monoisotopic (exact) mass is 476 g/mol. The number of aromatic nitrogens is 5. The number of methoxy groups -OCH3 is 2. The summed E-state index contributed by atoms with van der Waals surface area (Å²) in [6, 6.07) is 17.8. The van der Waals surface area contributed by atoms with Gasteiger partial charge in [0, 0.05) is 31.8 Å². The predicted molar refractivity (Wildman–Crippen MR) is 134 cm³/mol. The number of hydrogen-bond acceptors (Lipinski definition) is 7. The quantitative estimate of drug-likeness (QED) is 0.353. The standard InChI is InChI=1S/C26H32N6O3/c1-18(2)24(25-28-29-30-32(25)12-13-34-3)31(16-19-8-6-5-7-9-19)17-21-14-20-10-11-22(35-4)15-23(20)27-26(21)33/h5-11,14-15,18,24H,12-13,16-17H2,1-4H3,(H,27,33)/t24-/m0/s1. The van der Waals surface area contributed by atoms with Crippen molar-refractivity contribution in [2.24, 2.45) is 5.92 Å². The van der Waals surface area contributed by atoms with Crippen LogP contribution in [0, 0.1) is 5.92 Å². The van der Waals surface area contributed by atoms with E-state index in [4.69, 9.17) is 9.47 Å². The minimum absolute atomic E-state index is 0.118. The molecule has 35 heavy (non-hydrogen) atoms. The Morgan fingerprint density at radius 2 is 1.86 bits per heavy atom. The number of benzene rings is 2. The zero-order valence-electron chi connectivity index (χ0n) is 20.6. The Balaban J connectivity index is 1.74. The van der Waals surface area contributed by atoms with Crippen molar-refractivity contribution in [3.05, 3.63) is 81.9 Å². The Morgan fingerprint density at radius 1 is 1.06 bits per heavy atom. The van der Waals surface area contributed by atoms with Crippen LogP contribution >= 0.6 is 0 Å². The Bertz CT molecular complexity index is 1300. The summed E-state index contributed by atoms with van der Waals surface area (Å²) in [4.78, 5) is 18.4. The molecule has 1 atom stereocenters. The second-order valence-corrected chi connectivity index (χ2v) is 8.91. The van der Waals surface area contributed by atoms with Crippen molar-refractivity contribution in [3.63, 3.8) is 0 Å².